The number of ether oxygens (including phenoxy) is 1. The lowest BCUT2D eigenvalue weighted by Crippen LogP contribution is -2.14. The molecule has 2 aromatic heterocycles. The van der Waals surface area contributed by atoms with Crippen molar-refractivity contribution < 1.29 is 9.53 Å². The van der Waals surface area contributed by atoms with Crippen molar-refractivity contribution >= 4 is 22.8 Å². The van der Waals surface area contributed by atoms with Crippen molar-refractivity contribution in [2.45, 2.75) is 0 Å². The highest BCUT2D eigenvalue weighted by molar-refractivity contribution is 6.12. The van der Waals surface area contributed by atoms with Gasteiger partial charge in [-0.1, -0.05) is 60.7 Å². The summed E-state index contributed by atoms with van der Waals surface area (Å²) in [5, 5.41) is 10.6. The minimum Gasteiger partial charge on any atom is -0.496 e. The number of H-pyrrole nitrogens is 1. The Morgan fingerprint density at radius 3 is 2.50 bits per heavy atom. The molecule has 0 fully saturated rings. The highest BCUT2D eigenvalue weighted by Gasteiger charge is 2.17. The predicted molar refractivity (Wildman–Crippen MR) is 124 cm³/mol. The van der Waals surface area contributed by atoms with Gasteiger partial charge in [0.2, 0.25) is 5.95 Å². The molecule has 0 radical (unpaired) electrons. The molecular formula is C25H19N5O2. The van der Waals surface area contributed by atoms with Crippen LogP contribution in [0.3, 0.4) is 0 Å². The molecule has 0 aliphatic carbocycles. The SMILES string of the molecule is COc1ccccc1-c1nc(NC(=O)c2cc(-c3ccccc3)nc3ccccc23)n[nH]1. The summed E-state index contributed by atoms with van der Waals surface area (Å²) in [6.07, 6.45) is 0. The van der Waals surface area contributed by atoms with Crippen LogP contribution in [0.25, 0.3) is 33.5 Å². The van der Waals surface area contributed by atoms with Crippen molar-refractivity contribution in [1.29, 1.82) is 0 Å². The van der Waals surface area contributed by atoms with Crippen LogP contribution in [0.5, 0.6) is 5.75 Å². The van der Waals surface area contributed by atoms with Crippen molar-refractivity contribution in [3.8, 4) is 28.4 Å². The van der Waals surface area contributed by atoms with Crippen LogP contribution < -0.4 is 10.1 Å². The Morgan fingerprint density at radius 2 is 1.66 bits per heavy atom. The number of para-hydroxylation sites is 2. The summed E-state index contributed by atoms with van der Waals surface area (Å²) in [6, 6.07) is 26.6. The van der Waals surface area contributed by atoms with E-state index in [9.17, 15) is 4.79 Å². The molecule has 7 nitrogen and oxygen atoms in total. The summed E-state index contributed by atoms with van der Waals surface area (Å²) in [7, 11) is 1.59. The molecule has 0 unspecified atom stereocenters. The van der Waals surface area contributed by atoms with Gasteiger partial charge in [0.05, 0.1) is 29.4 Å². The molecule has 1 amide bonds. The van der Waals surface area contributed by atoms with Gasteiger partial charge in [0, 0.05) is 10.9 Å². The average molecular weight is 421 g/mol. The van der Waals surface area contributed by atoms with Crippen LogP contribution in [0.2, 0.25) is 0 Å². The molecule has 5 rings (SSSR count). The predicted octanol–water partition coefficient (Wildman–Crippen LogP) is 4.95. The van der Waals surface area contributed by atoms with Gasteiger partial charge in [-0.25, -0.2) is 4.98 Å². The lowest BCUT2D eigenvalue weighted by atomic mass is 10.0. The maximum atomic E-state index is 13.2. The van der Waals surface area contributed by atoms with Gasteiger partial charge in [0.15, 0.2) is 5.82 Å². The van der Waals surface area contributed by atoms with Crippen molar-refractivity contribution in [2.24, 2.45) is 0 Å². The monoisotopic (exact) mass is 421 g/mol. The lowest BCUT2D eigenvalue weighted by molar-refractivity contribution is 0.102. The maximum Gasteiger partial charge on any atom is 0.258 e. The number of amides is 1. The van der Waals surface area contributed by atoms with Crippen LogP contribution >= 0.6 is 0 Å². The van der Waals surface area contributed by atoms with E-state index in [1.807, 2.05) is 78.9 Å². The summed E-state index contributed by atoms with van der Waals surface area (Å²) in [5.74, 6) is 1.03. The van der Waals surface area contributed by atoms with E-state index in [-0.39, 0.29) is 11.9 Å². The Balaban J connectivity index is 1.50. The van der Waals surface area contributed by atoms with E-state index in [1.165, 1.54) is 0 Å². The second-order valence-corrected chi connectivity index (χ2v) is 7.10. The molecule has 32 heavy (non-hydrogen) atoms. The molecule has 5 aromatic rings. The summed E-state index contributed by atoms with van der Waals surface area (Å²) in [4.78, 5) is 22.4. The maximum absolute atomic E-state index is 13.2. The second-order valence-electron chi connectivity index (χ2n) is 7.10. The van der Waals surface area contributed by atoms with E-state index in [2.05, 4.69) is 20.5 Å². The number of hydrogen-bond acceptors (Lipinski definition) is 5. The normalized spacial score (nSPS) is 10.8. The Morgan fingerprint density at radius 1 is 0.906 bits per heavy atom. The number of carbonyl (C=O) groups is 1. The molecule has 2 heterocycles. The van der Waals surface area contributed by atoms with Gasteiger partial charge in [-0.05, 0) is 24.3 Å². The number of anilines is 1. The quantitative estimate of drug-likeness (QED) is 0.419. The third-order valence-electron chi connectivity index (χ3n) is 5.10. The number of fused-ring (bicyclic) bond motifs is 1. The molecule has 2 N–H and O–H groups in total. The average Bonchev–Trinajstić information content (AvgIpc) is 3.32. The number of benzene rings is 3. The van der Waals surface area contributed by atoms with E-state index in [4.69, 9.17) is 9.72 Å². The van der Waals surface area contributed by atoms with Crippen molar-refractivity contribution in [1.82, 2.24) is 20.2 Å². The Bertz CT molecular complexity index is 1410. The van der Waals surface area contributed by atoms with E-state index in [0.29, 0.717) is 17.1 Å². The van der Waals surface area contributed by atoms with Gasteiger partial charge in [-0.15, -0.1) is 5.10 Å². The van der Waals surface area contributed by atoms with Crippen LogP contribution in [0, 0.1) is 0 Å². The Hall–Kier alpha value is -4.52. The molecule has 0 aliphatic heterocycles. The second kappa shape index (κ2) is 8.31. The number of aromatic nitrogens is 4. The first-order valence-electron chi connectivity index (χ1n) is 10.1. The van der Waals surface area contributed by atoms with Gasteiger partial charge in [-0.3, -0.25) is 15.2 Å². The third kappa shape index (κ3) is 3.67. The van der Waals surface area contributed by atoms with E-state index >= 15 is 0 Å². The third-order valence-corrected chi connectivity index (χ3v) is 5.10. The fraction of sp³-hybridized carbons (Fsp3) is 0.0400. The molecule has 3 aromatic carbocycles. The number of nitrogens with one attached hydrogen (secondary N) is 2. The summed E-state index contributed by atoms with van der Waals surface area (Å²) in [5.41, 5.74) is 3.65. The molecule has 0 atom stereocenters. The molecule has 156 valence electrons. The van der Waals surface area contributed by atoms with Gasteiger partial charge >= 0.3 is 0 Å². The van der Waals surface area contributed by atoms with E-state index < -0.39 is 0 Å². The van der Waals surface area contributed by atoms with Gasteiger partial charge in [0.25, 0.3) is 5.91 Å². The zero-order valence-corrected chi connectivity index (χ0v) is 17.2. The number of aromatic amines is 1. The number of nitrogens with zero attached hydrogens (tertiary/aromatic N) is 3. The molecule has 0 saturated carbocycles. The molecule has 0 aliphatic rings. The molecule has 0 saturated heterocycles. The zero-order chi connectivity index (χ0) is 21.9. The van der Waals surface area contributed by atoms with Crippen LogP contribution in [-0.4, -0.2) is 33.2 Å². The number of carbonyl (C=O) groups excluding carboxylic acids is 1. The number of methoxy groups -OCH3 is 1. The van der Waals surface area contributed by atoms with E-state index in [0.717, 1.165) is 27.7 Å². The molecule has 7 heteroatoms. The minimum absolute atomic E-state index is 0.179. The topological polar surface area (TPSA) is 92.8 Å². The van der Waals surface area contributed by atoms with E-state index in [1.54, 1.807) is 13.2 Å². The standard InChI is InChI=1S/C25H19N5O2/c1-32-22-14-8-6-12-18(22)23-27-25(30-29-23)28-24(31)19-15-21(16-9-3-2-4-10-16)26-20-13-7-5-11-17(19)20/h2-15H,1H3,(H2,27,28,29,30,31). The number of pyridine rings is 1. The first-order valence-corrected chi connectivity index (χ1v) is 10.1. The van der Waals surface area contributed by atoms with Gasteiger partial charge < -0.3 is 4.74 Å². The van der Waals surface area contributed by atoms with Gasteiger partial charge in [0.1, 0.15) is 5.75 Å². The summed E-state index contributed by atoms with van der Waals surface area (Å²) in [6.45, 7) is 0. The van der Waals surface area contributed by atoms with Gasteiger partial charge in [-0.2, -0.15) is 4.98 Å². The molecule has 0 spiro atoms. The van der Waals surface area contributed by atoms with Crippen molar-refractivity contribution in [3.63, 3.8) is 0 Å². The van der Waals surface area contributed by atoms with Crippen molar-refractivity contribution in [3.05, 3.63) is 90.5 Å². The molecular weight excluding hydrogens is 402 g/mol. The largest absolute Gasteiger partial charge is 0.496 e. The van der Waals surface area contributed by atoms with Crippen LogP contribution in [0.4, 0.5) is 5.95 Å². The van der Waals surface area contributed by atoms with Crippen LogP contribution in [-0.2, 0) is 0 Å². The smallest absolute Gasteiger partial charge is 0.258 e. The highest BCUT2D eigenvalue weighted by atomic mass is 16.5. The van der Waals surface area contributed by atoms with Crippen LogP contribution in [0.1, 0.15) is 10.4 Å². The zero-order valence-electron chi connectivity index (χ0n) is 17.2. The van der Waals surface area contributed by atoms with Crippen LogP contribution in [0.15, 0.2) is 84.9 Å². The van der Waals surface area contributed by atoms with Crippen molar-refractivity contribution in [2.75, 3.05) is 12.4 Å². The number of hydrogen-bond donors (Lipinski definition) is 2. The first kappa shape index (κ1) is 19.4. The first-order chi connectivity index (χ1) is 15.7. The summed E-state index contributed by atoms with van der Waals surface area (Å²) < 4.78 is 5.38. The Labute approximate surface area is 184 Å². The highest BCUT2D eigenvalue weighted by Crippen LogP contribution is 2.28. The lowest BCUT2D eigenvalue weighted by Gasteiger charge is -2.09. The fourth-order valence-electron chi connectivity index (χ4n) is 3.57. The Kier molecular flexibility index (Phi) is 5.05. The number of rotatable bonds is 5. The fourth-order valence-corrected chi connectivity index (χ4v) is 3.57. The summed E-state index contributed by atoms with van der Waals surface area (Å²) >= 11 is 0. The minimum atomic E-state index is -0.314. The molecule has 0 bridgehead atoms.